The van der Waals surface area contributed by atoms with Gasteiger partial charge in [-0.05, 0) is 12.0 Å². The zero-order valence-corrected chi connectivity index (χ0v) is 8.10. The van der Waals surface area contributed by atoms with Gasteiger partial charge in [0.25, 0.3) is 5.56 Å². The van der Waals surface area contributed by atoms with Crippen LogP contribution in [0.25, 0.3) is 0 Å². The van der Waals surface area contributed by atoms with Crippen molar-refractivity contribution in [2.45, 2.75) is 20.4 Å². The van der Waals surface area contributed by atoms with Crippen molar-refractivity contribution in [1.82, 2.24) is 9.78 Å². The van der Waals surface area contributed by atoms with E-state index in [1.54, 1.807) is 0 Å². The first kappa shape index (κ1) is 10.4. The maximum absolute atomic E-state index is 11.5. The Hall–Kier alpha value is -1.65. The lowest BCUT2D eigenvalue weighted by Gasteiger charge is -2.06. The van der Waals surface area contributed by atoms with E-state index >= 15 is 0 Å². The second-order valence-electron chi connectivity index (χ2n) is 3.43. The minimum atomic E-state index is -1.21. The first-order valence-electron chi connectivity index (χ1n) is 4.31. The Labute approximate surface area is 81.0 Å². The number of nitrogens with zero attached hydrogens (tertiary/aromatic N) is 2. The Kier molecular flexibility index (Phi) is 3.01. The molecule has 0 saturated carbocycles. The van der Waals surface area contributed by atoms with Crippen LogP contribution >= 0.6 is 0 Å². The van der Waals surface area contributed by atoms with Crippen molar-refractivity contribution < 1.29 is 9.90 Å². The van der Waals surface area contributed by atoms with Gasteiger partial charge in [-0.15, -0.1) is 0 Å². The normalized spacial score (nSPS) is 10.5. The van der Waals surface area contributed by atoms with Crippen LogP contribution in [0, 0.1) is 5.92 Å². The summed E-state index contributed by atoms with van der Waals surface area (Å²) in [5.74, 6) is -0.959. The SMILES string of the molecule is CC(C)Cn1nccc(C(=O)O)c1=O. The number of carboxylic acid groups (broad SMARTS) is 1. The van der Waals surface area contributed by atoms with Crippen molar-refractivity contribution >= 4 is 5.97 Å². The van der Waals surface area contributed by atoms with Gasteiger partial charge >= 0.3 is 5.97 Å². The number of carbonyl (C=O) groups is 1. The maximum atomic E-state index is 11.5. The van der Waals surface area contributed by atoms with Crippen LogP contribution in [0.15, 0.2) is 17.1 Å². The molecule has 0 unspecified atom stereocenters. The van der Waals surface area contributed by atoms with Crippen LogP contribution in [0.5, 0.6) is 0 Å². The zero-order valence-electron chi connectivity index (χ0n) is 8.10. The van der Waals surface area contributed by atoms with Crippen LogP contribution in [0.3, 0.4) is 0 Å². The lowest BCUT2D eigenvalue weighted by Crippen LogP contribution is -2.29. The predicted octanol–water partition coefficient (Wildman–Crippen LogP) is 0.598. The molecule has 0 bridgehead atoms. The molecule has 0 aliphatic heterocycles. The Bertz CT molecular complexity index is 395. The largest absolute Gasteiger partial charge is 0.477 e. The molecule has 14 heavy (non-hydrogen) atoms. The molecule has 5 nitrogen and oxygen atoms in total. The summed E-state index contributed by atoms with van der Waals surface area (Å²) < 4.78 is 1.17. The third kappa shape index (κ3) is 2.18. The first-order chi connectivity index (χ1) is 6.52. The lowest BCUT2D eigenvalue weighted by molar-refractivity contribution is 0.0693. The third-order valence-electron chi connectivity index (χ3n) is 1.68. The fraction of sp³-hybridized carbons (Fsp3) is 0.444. The Morgan fingerprint density at radius 1 is 1.64 bits per heavy atom. The Morgan fingerprint density at radius 3 is 2.79 bits per heavy atom. The second-order valence-corrected chi connectivity index (χ2v) is 3.43. The molecule has 0 radical (unpaired) electrons. The van der Waals surface area contributed by atoms with E-state index in [0.717, 1.165) is 0 Å². The quantitative estimate of drug-likeness (QED) is 0.768. The summed E-state index contributed by atoms with van der Waals surface area (Å²) in [4.78, 5) is 22.1. The van der Waals surface area contributed by atoms with Gasteiger partial charge in [0.05, 0.1) is 0 Å². The first-order valence-corrected chi connectivity index (χ1v) is 4.31. The summed E-state index contributed by atoms with van der Waals surface area (Å²) in [6.07, 6.45) is 1.33. The average molecular weight is 196 g/mol. The highest BCUT2D eigenvalue weighted by atomic mass is 16.4. The molecule has 1 heterocycles. The van der Waals surface area contributed by atoms with Gasteiger partial charge in [0, 0.05) is 12.7 Å². The predicted molar refractivity (Wildman–Crippen MR) is 50.3 cm³/mol. The molecule has 1 aromatic heterocycles. The minimum Gasteiger partial charge on any atom is -0.477 e. The summed E-state index contributed by atoms with van der Waals surface area (Å²) in [5.41, 5.74) is -0.783. The van der Waals surface area contributed by atoms with Crippen LogP contribution in [0.4, 0.5) is 0 Å². The van der Waals surface area contributed by atoms with Crippen LogP contribution in [-0.2, 0) is 6.54 Å². The van der Waals surface area contributed by atoms with Gasteiger partial charge in [-0.3, -0.25) is 4.79 Å². The maximum Gasteiger partial charge on any atom is 0.341 e. The Balaban J connectivity index is 3.15. The topological polar surface area (TPSA) is 72.2 Å². The van der Waals surface area contributed by atoms with Crippen molar-refractivity contribution in [1.29, 1.82) is 0 Å². The van der Waals surface area contributed by atoms with E-state index in [0.29, 0.717) is 6.54 Å². The average Bonchev–Trinajstić information content (AvgIpc) is 2.07. The molecular formula is C9H12N2O3. The molecule has 1 rings (SSSR count). The van der Waals surface area contributed by atoms with Gasteiger partial charge < -0.3 is 5.11 Å². The van der Waals surface area contributed by atoms with Gasteiger partial charge in [-0.25, -0.2) is 9.48 Å². The van der Waals surface area contributed by atoms with Gasteiger partial charge in [-0.1, -0.05) is 13.8 Å². The molecule has 0 atom stereocenters. The summed E-state index contributed by atoms with van der Waals surface area (Å²) >= 11 is 0. The summed E-state index contributed by atoms with van der Waals surface area (Å²) in [7, 11) is 0. The van der Waals surface area contributed by atoms with E-state index in [9.17, 15) is 9.59 Å². The van der Waals surface area contributed by atoms with Crippen molar-refractivity contribution in [3.63, 3.8) is 0 Å². The van der Waals surface area contributed by atoms with Crippen LogP contribution in [0.1, 0.15) is 24.2 Å². The Morgan fingerprint density at radius 2 is 2.29 bits per heavy atom. The number of hydrogen-bond acceptors (Lipinski definition) is 3. The molecule has 0 saturated heterocycles. The molecule has 1 N–H and O–H groups in total. The zero-order chi connectivity index (χ0) is 10.7. The van der Waals surface area contributed by atoms with Gasteiger partial charge in [0.1, 0.15) is 5.56 Å². The molecule has 76 valence electrons. The number of carboxylic acids is 1. The van der Waals surface area contributed by atoms with Gasteiger partial charge in [0.15, 0.2) is 0 Å². The summed E-state index contributed by atoms with van der Waals surface area (Å²) in [6, 6.07) is 1.21. The number of aromatic carboxylic acids is 1. The van der Waals surface area contributed by atoms with Crippen molar-refractivity contribution in [2.75, 3.05) is 0 Å². The molecule has 5 heteroatoms. The fourth-order valence-electron chi connectivity index (χ4n) is 1.09. The van der Waals surface area contributed by atoms with Crippen molar-refractivity contribution in [3.8, 4) is 0 Å². The highest BCUT2D eigenvalue weighted by Crippen LogP contribution is 1.95. The van der Waals surface area contributed by atoms with Crippen molar-refractivity contribution in [2.24, 2.45) is 5.92 Å². The summed E-state index contributed by atoms with van der Waals surface area (Å²) in [6.45, 7) is 4.29. The van der Waals surface area contributed by atoms with Gasteiger partial charge in [0.2, 0.25) is 0 Å². The number of hydrogen-bond donors (Lipinski definition) is 1. The highest BCUT2D eigenvalue weighted by Gasteiger charge is 2.11. The number of rotatable bonds is 3. The van der Waals surface area contributed by atoms with Crippen molar-refractivity contribution in [3.05, 3.63) is 28.2 Å². The second kappa shape index (κ2) is 4.04. The summed E-state index contributed by atoms with van der Waals surface area (Å²) in [5, 5.41) is 12.5. The van der Waals surface area contributed by atoms with E-state index in [1.807, 2.05) is 13.8 Å². The monoisotopic (exact) mass is 196 g/mol. The van der Waals surface area contributed by atoms with E-state index < -0.39 is 11.5 Å². The molecular weight excluding hydrogens is 184 g/mol. The molecule has 0 spiro atoms. The van der Waals surface area contributed by atoms with E-state index in [2.05, 4.69) is 5.10 Å². The van der Waals surface area contributed by atoms with E-state index in [1.165, 1.54) is 16.9 Å². The fourth-order valence-corrected chi connectivity index (χ4v) is 1.09. The molecule has 0 aliphatic carbocycles. The molecule has 0 aliphatic rings. The third-order valence-corrected chi connectivity index (χ3v) is 1.68. The highest BCUT2D eigenvalue weighted by molar-refractivity contribution is 5.86. The van der Waals surface area contributed by atoms with Crippen LogP contribution < -0.4 is 5.56 Å². The molecule has 0 amide bonds. The smallest absolute Gasteiger partial charge is 0.341 e. The van der Waals surface area contributed by atoms with Crippen LogP contribution in [0.2, 0.25) is 0 Å². The van der Waals surface area contributed by atoms with Crippen LogP contribution in [-0.4, -0.2) is 20.9 Å². The van der Waals surface area contributed by atoms with E-state index in [-0.39, 0.29) is 11.5 Å². The molecule has 0 aromatic carbocycles. The molecule has 0 fully saturated rings. The minimum absolute atomic E-state index is 0.236. The number of aromatic nitrogens is 2. The van der Waals surface area contributed by atoms with E-state index in [4.69, 9.17) is 5.11 Å². The lowest BCUT2D eigenvalue weighted by atomic mass is 10.2. The van der Waals surface area contributed by atoms with Gasteiger partial charge in [-0.2, -0.15) is 5.10 Å². The standard InChI is InChI=1S/C9H12N2O3/c1-6(2)5-11-8(12)7(9(13)14)3-4-10-11/h3-4,6H,5H2,1-2H3,(H,13,14). The molecule has 1 aromatic rings.